The maximum absolute atomic E-state index is 13.0. The zero-order valence-corrected chi connectivity index (χ0v) is 19.2. The van der Waals surface area contributed by atoms with Crippen molar-refractivity contribution in [3.8, 4) is 0 Å². The average molecular weight is 464 g/mol. The van der Waals surface area contributed by atoms with Crippen LogP contribution in [0.25, 0.3) is 6.08 Å². The number of hydrogen-bond donors (Lipinski definition) is 0. The van der Waals surface area contributed by atoms with Gasteiger partial charge in [-0.2, -0.15) is 0 Å². The van der Waals surface area contributed by atoms with Crippen molar-refractivity contribution >= 4 is 52.0 Å². The molecule has 0 bridgehead atoms. The smallest absolute Gasteiger partial charge is 0.343 e. The van der Waals surface area contributed by atoms with E-state index in [0.717, 1.165) is 27.8 Å². The number of Topliss-reactive ketones (excluding diaryl/α,β-unsaturated/α-hetero) is 1. The minimum absolute atomic E-state index is 0.0972. The topological polar surface area (TPSA) is 63.7 Å². The number of thiocarbonyl (C=S) groups is 1. The summed E-state index contributed by atoms with van der Waals surface area (Å²) in [6.07, 6.45) is 4.87. The summed E-state index contributed by atoms with van der Waals surface area (Å²) in [6.45, 7) is 3.63. The van der Waals surface area contributed by atoms with Crippen molar-refractivity contribution in [2.45, 2.75) is 13.8 Å². The molecule has 1 heterocycles. The Hall–Kier alpha value is -3.29. The third kappa shape index (κ3) is 5.69. The predicted molar refractivity (Wildman–Crippen MR) is 131 cm³/mol. The van der Waals surface area contributed by atoms with Gasteiger partial charge in [-0.25, -0.2) is 4.79 Å². The minimum atomic E-state index is -0.806. The third-order valence-corrected chi connectivity index (χ3v) is 5.74. The van der Waals surface area contributed by atoms with E-state index in [1.807, 2.05) is 43.3 Å². The summed E-state index contributed by atoms with van der Waals surface area (Å²) in [4.78, 5) is 40.0. The lowest BCUT2D eigenvalue weighted by Gasteiger charge is -2.12. The summed E-state index contributed by atoms with van der Waals surface area (Å²) in [5.74, 6) is -1.75. The number of carbonyl (C=O) groups excluding carboxylic acids is 3. The highest BCUT2D eigenvalue weighted by molar-refractivity contribution is 8.26. The number of rotatable bonds is 7. The van der Waals surface area contributed by atoms with Crippen LogP contribution in [0.5, 0.6) is 0 Å². The van der Waals surface area contributed by atoms with Gasteiger partial charge in [0.1, 0.15) is 5.57 Å². The number of esters is 1. The molecule has 2 aromatic rings. The first-order chi connectivity index (χ1) is 15.4. The van der Waals surface area contributed by atoms with E-state index >= 15 is 0 Å². The van der Waals surface area contributed by atoms with Crippen LogP contribution in [0.15, 0.2) is 89.0 Å². The van der Waals surface area contributed by atoms with E-state index in [0.29, 0.717) is 10.5 Å². The van der Waals surface area contributed by atoms with Crippen molar-refractivity contribution in [2.75, 3.05) is 6.61 Å². The number of benzene rings is 2. The highest BCUT2D eigenvalue weighted by Crippen LogP contribution is 2.33. The Kier molecular flexibility index (Phi) is 7.92. The second-order valence-corrected chi connectivity index (χ2v) is 8.48. The molecule has 1 aliphatic rings. The number of thioether (sulfide) groups is 1. The molecular weight excluding hydrogens is 442 g/mol. The van der Waals surface area contributed by atoms with Crippen LogP contribution in [-0.2, 0) is 14.3 Å². The molecule has 0 N–H and O–H groups in total. The third-order valence-electron chi connectivity index (χ3n) is 4.41. The van der Waals surface area contributed by atoms with Crippen LogP contribution in [0.4, 0.5) is 0 Å². The van der Waals surface area contributed by atoms with Crippen molar-refractivity contribution in [2.24, 2.45) is 0 Å². The molecule has 2 aromatic carbocycles. The normalized spacial score (nSPS) is 15.9. The summed E-state index contributed by atoms with van der Waals surface area (Å²) in [6, 6.07) is 18.1. The molecule has 0 atom stereocenters. The minimum Gasteiger partial charge on any atom is -0.462 e. The van der Waals surface area contributed by atoms with Gasteiger partial charge in [0, 0.05) is 11.8 Å². The molecule has 5 nitrogen and oxygen atoms in total. The molecule has 3 rings (SSSR count). The second-order valence-electron chi connectivity index (χ2n) is 6.81. The molecule has 0 saturated carbocycles. The maximum atomic E-state index is 13.0. The Balaban J connectivity index is 1.91. The van der Waals surface area contributed by atoms with Gasteiger partial charge in [-0.05, 0) is 31.1 Å². The molecule has 162 valence electrons. The fourth-order valence-corrected chi connectivity index (χ4v) is 4.20. The quantitative estimate of drug-likeness (QED) is 0.141. The van der Waals surface area contributed by atoms with E-state index in [1.165, 1.54) is 6.20 Å². The molecule has 1 amide bonds. The molecule has 32 heavy (non-hydrogen) atoms. The molecule has 0 aliphatic carbocycles. The van der Waals surface area contributed by atoms with Crippen LogP contribution in [-0.4, -0.2) is 33.5 Å². The van der Waals surface area contributed by atoms with Gasteiger partial charge in [0.25, 0.3) is 5.91 Å². The number of hydrogen-bond acceptors (Lipinski definition) is 6. The zero-order chi connectivity index (χ0) is 23.1. The summed E-state index contributed by atoms with van der Waals surface area (Å²) in [5, 5.41) is 0. The van der Waals surface area contributed by atoms with Gasteiger partial charge in [-0.3, -0.25) is 14.5 Å². The first-order valence-corrected chi connectivity index (χ1v) is 11.1. The SMILES string of the molecule is CCOC(=O)/C(=C\N1C(=O)/C(=C\C(C)=C/c2ccccc2)SC1=S)C(=O)c1ccccc1. The number of ether oxygens (including phenoxy) is 1. The lowest BCUT2D eigenvalue weighted by atomic mass is 10.0. The van der Waals surface area contributed by atoms with E-state index < -0.39 is 17.7 Å². The molecule has 0 radical (unpaired) electrons. The molecule has 1 saturated heterocycles. The number of amides is 1. The summed E-state index contributed by atoms with van der Waals surface area (Å²) in [5.41, 5.74) is 1.93. The Bertz CT molecular complexity index is 1140. The number of ketones is 1. The van der Waals surface area contributed by atoms with Crippen molar-refractivity contribution in [3.05, 3.63) is 100 Å². The van der Waals surface area contributed by atoms with Gasteiger partial charge in [-0.15, -0.1) is 0 Å². The van der Waals surface area contributed by atoms with Crippen LogP contribution < -0.4 is 0 Å². The van der Waals surface area contributed by atoms with Crippen LogP contribution in [0.1, 0.15) is 29.8 Å². The van der Waals surface area contributed by atoms with E-state index in [2.05, 4.69) is 0 Å². The van der Waals surface area contributed by atoms with Crippen LogP contribution in [0.2, 0.25) is 0 Å². The van der Waals surface area contributed by atoms with Crippen LogP contribution in [0, 0.1) is 0 Å². The van der Waals surface area contributed by atoms with E-state index in [-0.39, 0.29) is 16.5 Å². The van der Waals surface area contributed by atoms with Crippen LogP contribution >= 0.6 is 24.0 Å². The zero-order valence-electron chi connectivity index (χ0n) is 17.6. The van der Waals surface area contributed by atoms with Crippen molar-refractivity contribution in [1.29, 1.82) is 0 Å². The van der Waals surface area contributed by atoms with Gasteiger partial charge in [-0.1, -0.05) is 90.7 Å². The van der Waals surface area contributed by atoms with Crippen molar-refractivity contribution in [1.82, 2.24) is 4.90 Å². The molecule has 0 unspecified atom stereocenters. The standard InChI is InChI=1S/C25H21NO4S2/c1-3-30-24(29)20(22(27)19-12-8-5-9-13-19)16-26-23(28)21(32-25(26)31)15-17(2)14-18-10-6-4-7-11-18/h4-16H,3H2,1-2H3/b17-14-,20-16-,21-15+. The Morgan fingerprint density at radius 2 is 1.69 bits per heavy atom. The monoisotopic (exact) mass is 463 g/mol. The molecular formula is C25H21NO4S2. The first-order valence-electron chi connectivity index (χ1n) is 9.89. The highest BCUT2D eigenvalue weighted by Gasteiger charge is 2.33. The van der Waals surface area contributed by atoms with Gasteiger partial charge < -0.3 is 4.74 Å². The first kappa shape index (κ1) is 23.4. The van der Waals surface area contributed by atoms with Gasteiger partial charge in [0.05, 0.1) is 11.5 Å². The molecule has 1 fully saturated rings. The lowest BCUT2D eigenvalue weighted by Crippen LogP contribution is -2.26. The maximum Gasteiger partial charge on any atom is 0.343 e. The summed E-state index contributed by atoms with van der Waals surface area (Å²) < 4.78 is 5.28. The predicted octanol–water partition coefficient (Wildman–Crippen LogP) is 5.16. The Morgan fingerprint density at radius 1 is 1.06 bits per heavy atom. The largest absolute Gasteiger partial charge is 0.462 e. The number of allylic oxidation sites excluding steroid dienone is 2. The van der Waals surface area contributed by atoms with Crippen molar-refractivity contribution in [3.63, 3.8) is 0 Å². The number of nitrogens with zero attached hydrogens (tertiary/aromatic N) is 1. The Morgan fingerprint density at radius 3 is 2.31 bits per heavy atom. The van der Waals surface area contributed by atoms with E-state index in [4.69, 9.17) is 17.0 Å². The molecule has 7 heteroatoms. The fraction of sp³-hybridized carbons (Fsp3) is 0.120. The molecule has 0 aromatic heterocycles. The van der Waals surface area contributed by atoms with Crippen molar-refractivity contribution < 1.29 is 19.1 Å². The average Bonchev–Trinajstić information content (AvgIpc) is 3.05. The van der Waals surface area contributed by atoms with Gasteiger partial charge in [0.15, 0.2) is 4.32 Å². The Labute approximate surface area is 196 Å². The summed E-state index contributed by atoms with van der Waals surface area (Å²) >= 11 is 6.47. The highest BCUT2D eigenvalue weighted by atomic mass is 32.2. The summed E-state index contributed by atoms with van der Waals surface area (Å²) in [7, 11) is 0. The van der Waals surface area contributed by atoms with E-state index in [9.17, 15) is 14.4 Å². The molecule has 1 aliphatic heterocycles. The fourth-order valence-electron chi connectivity index (χ4n) is 2.94. The molecule has 0 spiro atoms. The van der Waals surface area contributed by atoms with Gasteiger partial charge in [0.2, 0.25) is 5.78 Å². The van der Waals surface area contributed by atoms with Crippen LogP contribution in [0.3, 0.4) is 0 Å². The second kappa shape index (κ2) is 10.8. The number of carbonyl (C=O) groups is 3. The lowest BCUT2D eigenvalue weighted by molar-refractivity contribution is -0.138. The van der Waals surface area contributed by atoms with E-state index in [1.54, 1.807) is 43.3 Å². The van der Waals surface area contributed by atoms with Gasteiger partial charge >= 0.3 is 5.97 Å².